The van der Waals surface area contributed by atoms with Gasteiger partial charge in [-0.05, 0) is 29.7 Å². The molecule has 0 amide bonds. The van der Waals surface area contributed by atoms with Crippen LogP contribution in [0, 0.1) is 17.0 Å². The Hall–Kier alpha value is -3.29. The summed E-state index contributed by atoms with van der Waals surface area (Å²) in [4.78, 5) is 12.9. The SMILES string of the molecule is CN=c1occn1/C(=C/c1ccc(F)cc1F)c1ccnc(NCC(C)(C)C)n1. The summed E-state index contributed by atoms with van der Waals surface area (Å²) in [6.07, 6.45) is 6.30. The molecule has 1 N–H and O–H groups in total. The molecular formula is C21H23F2N5O. The molecule has 0 fully saturated rings. The lowest BCUT2D eigenvalue weighted by Crippen LogP contribution is -2.21. The molecule has 3 aromatic rings. The first-order valence-corrected chi connectivity index (χ1v) is 9.10. The van der Waals surface area contributed by atoms with Gasteiger partial charge in [0, 0.05) is 37.6 Å². The number of benzene rings is 1. The van der Waals surface area contributed by atoms with Crippen molar-refractivity contribution in [3.8, 4) is 0 Å². The van der Waals surface area contributed by atoms with Gasteiger partial charge in [0.2, 0.25) is 5.95 Å². The van der Waals surface area contributed by atoms with E-state index in [2.05, 4.69) is 41.0 Å². The highest BCUT2D eigenvalue weighted by atomic mass is 19.1. The van der Waals surface area contributed by atoms with Crippen molar-refractivity contribution in [2.24, 2.45) is 10.4 Å². The number of halogens is 2. The highest BCUT2D eigenvalue weighted by molar-refractivity contribution is 5.80. The molecule has 8 heteroatoms. The van der Waals surface area contributed by atoms with Gasteiger partial charge in [-0.2, -0.15) is 0 Å². The maximum absolute atomic E-state index is 14.3. The smallest absolute Gasteiger partial charge is 0.301 e. The average molecular weight is 399 g/mol. The minimum atomic E-state index is -0.679. The van der Waals surface area contributed by atoms with Crippen molar-refractivity contribution < 1.29 is 13.2 Å². The second kappa shape index (κ2) is 8.38. The van der Waals surface area contributed by atoms with Crippen LogP contribution < -0.4 is 11.0 Å². The fraction of sp³-hybridized carbons (Fsp3) is 0.286. The van der Waals surface area contributed by atoms with Crippen LogP contribution in [-0.2, 0) is 0 Å². The van der Waals surface area contributed by atoms with E-state index in [1.807, 2.05) is 0 Å². The molecule has 29 heavy (non-hydrogen) atoms. The lowest BCUT2D eigenvalue weighted by Gasteiger charge is -2.19. The third kappa shape index (κ3) is 5.16. The molecule has 3 rings (SSSR count). The number of aromatic nitrogens is 3. The van der Waals surface area contributed by atoms with E-state index in [1.54, 1.807) is 36.2 Å². The van der Waals surface area contributed by atoms with Gasteiger partial charge in [0.05, 0.1) is 11.4 Å². The number of oxazole rings is 1. The summed E-state index contributed by atoms with van der Waals surface area (Å²) in [5.41, 5.74) is 1.59. The lowest BCUT2D eigenvalue weighted by atomic mass is 9.97. The highest BCUT2D eigenvalue weighted by Gasteiger charge is 2.14. The van der Waals surface area contributed by atoms with E-state index in [0.717, 1.165) is 6.07 Å². The summed E-state index contributed by atoms with van der Waals surface area (Å²) in [7, 11) is 1.59. The Balaban J connectivity index is 2.11. The zero-order valence-electron chi connectivity index (χ0n) is 16.8. The van der Waals surface area contributed by atoms with Gasteiger partial charge in [-0.3, -0.25) is 4.57 Å². The predicted molar refractivity (Wildman–Crippen MR) is 108 cm³/mol. The van der Waals surface area contributed by atoms with E-state index in [-0.39, 0.29) is 11.0 Å². The number of nitrogens with one attached hydrogen (secondary N) is 1. The molecule has 0 atom stereocenters. The second-order valence-corrected chi connectivity index (χ2v) is 7.65. The number of hydrogen-bond acceptors (Lipinski definition) is 5. The van der Waals surface area contributed by atoms with Crippen LogP contribution in [0.25, 0.3) is 11.8 Å². The van der Waals surface area contributed by atoms with Gasteiger partial charge in [-0.25, -0.2) is 23.7 Å². The summed E-state index contributed by atoms with van der Waals surface area (Å²) in [5.74, 6) is -0.874. The molecule has 2 aromatic heterocycles. The van der Waals surface area contributed by atoms with Crippen LogP contribution in [0.4, 0.5) is 14.7 Å². The largest absolute Gasteiger partial charge is 0.432 e. The molecule has 0 radical (unpaired) electrons. The summed E-state index contributed by atoms with van der Waals surface area (Å²) in [5, 5.41) is 3.21. The van der Waals surface area contributed by atoms with Crippen LogP contribution in [0.2, 0.25) is 0 Å². The van der Waals surface area contributed by atoms with E-state index in [1.165, 1.54) is 18.4 Å². The van der Waals surface area contributed by atoms with Crippen molar-refractivity contribution in [2.75, 3.05) is 18.9 Å². The normalized spacial score (nSPS) is 13.0. The zero-order valence-corrected chi connectivity index (χ0v) is 16.8. The Kier molecular flexibility index (Phi) is 5.91. The Labute approximate surface area is 167 Å². The Morgan fingerprint density at radius 1 is 1.28 bits per heavy atom. The van der Waals surface area contributed by atoms with Crippen molar-refractivity contribution in [1.29, 1.82) is 0 Å². The molecule has 1 aromatic carbocycles. The molecule has 0 bridgehead atoms. The zero-order chi connectivity index (χ0) is 21.0. The van der Waals surface area contributed by atoms with Crippen molar-refractivity contribution in [3.63, 3.8) is 0 Å². The Morgan fingerprint density at radius 3 is 2.76 bits per heavy atom. The van der Waals surface area contributed by atoms with Crippen LogP contribution in [0.3, 0.4) is 0 Å². The Bertz CT molecular complexity index is 1090. The summed E-state index contributed by atoms with van der Waals surface area (Å²) < 4.78 is 34.6. The van der Waals surface area contributed by atoms with Gasteiger partial charge in [-0.15, -0.1) is 0 Å². The molecule has 2 heterocycles. The fourth-order valence-electron chi connectivity index (χ4n) is 2.58. The second-order valence-electron chi connectivity index (χ2n) is 7.65. The third-order valence-corrected chi connectivity index (χ3v) is 3.99. The van der Waals surface area contributed by atoms with E-state index in [4.69, 9.17) is 4.42 Å². The predicted octanol–water partition coefficient (Wildman–Crippen LogP) is 4.18. The van der Waals surface area contributed by atoms with Crippen molar-refractivity contribution in [1.82, 2.24) is 14.5 Å². The van der Waals surface area contributed by atoms with Crippen LogP contribution >= 0.6 is 0 Å². The Morgan fingerprint density at radius 2 is 2.07 bits per heavy atom. The first-order valence-electron chi connectivity index (χ1n) is 9.10. The van der Waals surface area contributed by atoms with Crippen LogP contribution in [-0.4, -0.2) is 28.1 Å². The van der Waals surface area contributed by atoms with E-state index in [9.17, 15) is 8.78 Å². The van der Waals surface area contributed by atoms with E-state index >= 15 is 0 Å². The van der Waals surface area contributed by atoms with Gasteiger partial charge >= 0.3 is 5.68 Å². The van der Waals surface area contributed by atoms with Crippen molar-refractivity contribution in [2.45, 2.75) is 20.8 Å². The molecule has 0 spiro atoms. The van der Waals surface area contributed by atoms with E-state index in [0.29, 0.717) is 29.6 Å². The first kappa shape index (κ1) is 20.4. The molecule has 0 aliphatic rings. The van der Waals surface area contributed by atoms with Crippen LogP contribution in [0.1, 0.15) is 32.0 Å². The quantitative estimate of drug-likeness (QED) is 0.699. The van der Waals surface area contributed by atoms with Gasteiger partial charge < -0.3 is 9.73 Å². The van der Waals surface area contributed by atoms with Crippen LogP contribution in [0.5, 0.6) is 0 Å². The summed E-state index contributed by atoms with van der Waals surface area (Å²) >= 11 is 0. The topological polar surface area (TPSA) is 68.2 Å². The number of rotatable bonds is 5. The summed E-state index contributed by atoms with van der Waals surface area (Å²) in [6, 6.07) is 5.11. The minimum Gasteiger partial charge on any atom is -0.432 e. The molecule has 0 unspecified atom stereocenters. The molecule has 0 saturated carbocycles. The molecule has 0 aliphatic heterocycles. The maximum atomic E-state index is 14.3. The molecular weight excluding hydrogens is 376 g/mol. The van der Waals surface area contributed by atoms with Gasteiger partial charge in [-0.1, -0.05) is 20.8 Å². The monoisotopic (exact) mass is 399 g/mol. The molecule has 6 nitrogen and oxygen atoms in total. The third-order valence-electron chi connectivity index (χ3n) is 3.99. The molecule has 152 valence electrons. The van der Waals surface area contributed by atoms with Gasteiger partial charge in [0.25, 0.3) is 0 Å². The highest BCUT2D eigenvalue weighted by Crippen LogP contribution is 2.21. The van der Waals surface area contributed by atoms with Crippen LogP contribution in [0.15, 0.2) is 52.3 Å². The maximum Gasteiger partial charge on any atom is 0.301 e. The molecule has 0 saturated heterocycles. The summed E-state index contributed by atoms with van der Waals surface area (Å²) in [6.45, 7) is 6.98. The van der Waals surface area contributed by atoms with Crippen molar-refractivity contribution in [3.05, 3.63) is 71.5 Å². The van der Waals surface area contributed by atoms with Gasteiger partial charge in [0.1, 0.15) is 17.9 Å². The number of hydrogen-bond donors (Lipinski definition) is 1. The van der Waals surface area contributed by atoms with Gasteiger partial charge in [0.15, 0.2) is 0 Å². The number of nitrogens with zero attached hydrogens (tertiary/aromatic N) is 4. The minimum absolute atomic E-state index is 0.0445. The lowest BCUT2D eigenvalue weighted by molar-refractivity contribution is 0.442. The molecule has 0 aliphatic carbocycles. The first-order chi connectivity index (χ1) is 13.8. The fourth-order valence-corrected chi connectivity index (χ4v) is 2.58. The number of anilines is 1. The van der Waals surface area contributed by atoms with E-state index < -0.39 is 11.6 Å². The standard InChI is InChI=1S/C21H23F2N5O/c1-21(2,3)13-26-19-25-8-7-17(27-19)18(28-9-10-29-20(28)24-4)11-14-5-6-15(22)12-16(14)23/h5-12H,13H2,1-4H3,(H,25,26,27)/b18-11+,24-20?. The van der Waals surface area contributed by atoms with Crippen molar-refractivity contribution >= 4 is 17.7 Å². The average Bonchev–Trinajstić information content (AvgIpc) is 3.14.